The molecule has 0 radical (unpaired) electrons. The molecule has 0 unspecified atom stereocenters. The van der Waals surface area contributed by atoms with E-state index in [0.29, 0.717) is 32.0 Å². The number of carbonyl (C=O) groups is 2. The van der Waals surface area contributed by atoms with E-state index in [-0.39, 0.29) is 12.5 Å². The third-order valence-corrected chi connectivity index (χ3v) is 2.36. The summed E-state index contributed by atoms with van der Waals surface area (Å²) in [6.07, 6.45) is 1.07. The third-order valence-electron chi connectivity index (χ3n) is 2.36. The van der Waals surface area contributed by atoms with Crippen LogP contribution < -0.4 is 5.32 Å². The molecule has 0 fully saturated rings. The van der Waals surface area contributed by atoms with Crippen molar-refractivity contribution < 1.29 is 19.4 Å². The van der Waals surface area contributed by atoms with Gasteiger partial charge in [0.15, 0.2) is 0 Å². The first-order chi connectivity index (χ1) is 8.47. The van der Waals surface area contributed by atoms with E-state index in [2.05, 4.69) is 5.32 Å². The molecular weight excluding hydrogens is 236 g/mol. The molecule has 0 aliphatic rings. The first kappa shape index (κ1) is 16.9. The number of methoxy groups -OCH3 is 1. The van der Waals surface area contributed by atoms with Crippen molar-refractivity contribution in [1.82, 2.24) is 10.2 Å². The van der Waals surface area contributed by atoms with Crippen LogP contribution in [0.4, 0.5) is 0 Å². The molecule has 18 heavy (non-hydrogen) atoms. The molecular formula is C12H24N2O4. The number of amides is 1. The van der Waals surface area contributed by atoms with Crippen molar-refractivity contribution in [2.45, 2.75) is 32.7 Å². The van der Waals surface area contributed by atoms with Crippen LogP contribution in [0, 0.1) is 0 Å². The van der Waals surface area contributed by atoms with Gasteiger partial charge >= 0.3 is 5.97 Å². The lowest BCUT2D eigenvalue weighted by Gasteiger charge is -2.20. The molecule has 0 atom stereocenters. The molecule has 0 heterocycles. The number of ether oxygens (including phenoxy) is 1. The number of carboxylic acids is 1. The minimum absolute atomic E-state index is 0.139. The number of rotatable bonds is 10. The Morgan fingerprint density at radius 2 is 2.06 bits per heavy atom. The Kier molecular flexibility index (Phi) is 9.22. The predicted molar refractivity (Wildman–Crippen MR) is 68.5 cm³/mol. The van der Waals surface area contributed by atoms with Crippen LogP contribution in [0.1, 0.15) is 26.7 Å². The zero-order valence-electron chi connectivity index (χ0n) is 11.4. The Bertz CT molecular complexity index is 256. The van der Waals surface area contributed by atoms with Crippen molar-refractivity contribution in [2.24, 2.45) is 0 Å². The maximum absolute atomic E-state index is 11.8. The highest BCUT2D eigenvalue weighted by molar-refractivity contribution is 5.81. The van der Waals surface area contributed by atoms with Gasteiger partial charge in [0, 0.05) is 26.1 Å². The van der Waals surface area contributed by atoms with E-state index in [1.807, 2.05) is 13.8 Å². The third kappa shape index (κ3) is 8.95. The summed E-state index contributed by atoms with van der Waals surface area (Å²) < 4.78 is 4.86. The zero-order chi connectivity index (χ0) is 14.0. The van der Waals surface area contributed by atoms with Gasteiger partial charge < -0.3 is 20.1 Å². The van der Waals surface area contributed by atoms with Crippen molar-refractivity contribution in [2.75, 3.05) is 33.4 Å². The Morgan fingerprint density at radius 1 is 1.39 bits per heavy atom. The van der Waals surface area contributed by atoms with E-state index in [1.165, 1.54) is 12.0 Å². The van der Waals surface area contributed by atoms with Gasteiger partial charge in [-0.3, -0.25) is 9.59 Å². The number of hydrogen-bond acceptors (Lipinski definition) is 4. The quantitative estimate of drug-likeness (QED) is 0.553. The highest BCUT2D eigenvalue weighted by Crippen LogP contribution is 1.98. The smallest absolute Gasteiger partial charge is 0.323 e. The van der Waals surface area contributed by atoms with E-state index in [1.54, 1.807) is 0 Å². The largest absolute Gasteiger partial charge is 0.480 e. The SMILES string of the molecule is COCCN(CC(=O)O)C(=O)CCCNC(C)C. The molecule has 0 rings (SSSR count). The van der Waals surface area contributed by atoms with Gasteiger partial charge in [0.1, 0.15) is 6.54 Å². The average molecular weight is 260 g/mol. The van der Waals surface area contributed by atoms with Crippen molar-refractivity contribution in [3.8, 4) is 0 Å². The first-order valence-electron chi connectivity index (χ1n) is 6.19. The maximum atomic E-state index is 11.8. The van der Waals surface area contributed by atoms with Crippen LogP contribution in [-0.2, 0) is 14.3 Å². The van der Waals surface area contributed by atoms with Crippen LogP contribution in [0.15, 0.2) is 0 Å². The molecule has 2 N–H and O–H groups in total. The maximum Gasteiger partial charge on any atom is 0.323 e. The molecule has 0 aromatic rings. The van der Waals surface area contributed by atoms with Gasteiger partial charge in [-0.2, -0.15) is 0 Å². The highest BCUT2D eigenvalue weighted by atomic mass is 16.5. The number of carboxylic acid groups (broad SMARTS) is 1. The van der Waals surface area contributed by atoms with Crippen LogP contribution in [-0.4, -0.2) is 61.3 Å². The molecule has 0 spiro atoms. The van der Waals surface area contributed by atoms with Crippen molar-refractivity contribution in [3.05, 3.63) is 0 Å². The van der Waals surface area contributed by atoms with E-state index in [4.69, 9.17) is 9.84 Å². The molecule has 6 heteroatoms. The number of hydrogen-bond donors (Lipinski definition) is 2. The summed E-state index contributed by atoms with van der Waals surface area (Å²) in [6, 6.07) is 0.392. The predicted octanol–water partition coefficient (Wildman–Crippen LogP) is 0.324. The topological polar surface area (TPSA) is 78.9 Å². The fourth-order valence-corrected chi connectivity index (χ4v) is 1.45. The van der Waals surface area contributed by atoms with Gasteiger partial charge in [0.05, 0.1) is 6.61 Å². The van der Waals surface area contributed by atoms with Gasteiger partial charge in [-0.15, -0.1) is 0 Å². The summed E-state index contributed by atoms with van der Waals surface area (Å²) in [7, 11) is 1.52. The van der Waals surface area contributed by atoms with Crippen LogP contribution in [0.2, 0.25) is 0 Å². The second-order valence-electron chi connectivity index (χ2n) is 4.41. The Hall–Kier alpha value is -1.14. The van der Waals surface area contributed by atoms with Gasteiger partial charge in [-0.1, -0.05) is 13.8 Å². The number of aliphatic carboxylic acids is 1. The standard InChI is InChI=1S/C12H24N2O4/c1-10(2)13-6-4-5-11(15)14(7-8-18-3)9-12(16)17/h10,13H,4-9H2,1-3H3,(H,16,17). The van der Waals surface area contributed by atoms with Crippen molar-refractivity contribution in [1.29, 1.82) is 0 Å². The van der Waals surface area contributed by atoms with E-state index < -0.39 is 5.97 Å². The fraction of sp³-hybridized carbons (Fsp3) is 0.833. The minimum atomic E-state index is -1.00. The Morgan fingerprint density at radius 3 is 2.56 bits per heavy atom. The molecule has 1 amide bonds. The minimum Gasteiger partial charge on any atom is -0.480 e. The molecule has 0 bridgehead atoms. The summed E-state index contributed by atoms with van der Waals surface area (Å²) >= 11 is 0. The van der Waals surface area contributed by atoms with Crippen LogP contribution >= 0.6 is 0 Å². The van der Waals surface area contributed by atoms with E-state index >= 15 is 0 Å². The molecule has 0 aromatic heterocycles. The molecule has 0 saturated heterocycles. The van der Waals surface area contributed by atoms with Crippen LogP contribution in [0.5, 0.6) is 0 Å². The summed E-state index contributed by atoms with van der Waals surface area (Å²) in [5, 5.41) is 11.9. The molecule has 0 aliphatic carbocycles. The number of carbonyl (C=O) groups excluding carboxylic acids is 1. The van der Waals surface area contributed by atoms with Gasteiger partial charge in [0.25, 0.3) is 0 Å². The van der Waals surface area contributed by atoms with E-state index in [9.17, 15) is 9.59 Å². The molecule has 0 aliphatic heterocycles. The molecule has 0 saturated carbocycles. The number of nitrogens with zero attached hydrogens (tertiary/aromatic N) is 1. The number of nitrogens with one attached hydrogen (secondary N) is 1. The highest BCUT2D eigenvalue weighted by Gasteiger charge is 2.15. The fourth-order valence-electron chi connectivity index (χ4n) is 1.45. The molecule has 6 nitrogen and oxygen atoms in total. The monoisotopic (exact) mass is 260 g/mol. The summed E-state index contributed by atoms with van der Waals surface area (Å²) in [5.41, 5.74) is 0. The average Bonchev–Trinajstić information content (AvgIpc) is 2.29. The first-order valence-corrected chi connectivity index (χ1v) is 6.19. The second-order valence-corrected chi connectivity index (χ2v) is 4.41. The van der Waals surface area contributed by atoms with Crippen LogP contribution in [0.3, 0.4) is 0 Å². The summed E-state index contributed by atoms with van der Waals surface area (Å²) in [5.74, 6) is -1.14. The molecule has 106 valence electrons. The summed E-state index contributed by atoms with van der Waals surface area (Å²) in [4.78, 5) is 23.8. The van der Waals surface area contributed by atoms with Crippen molar-refractivity contribution in [3.63, 3.8) is 0 Å². The van der Waals surface area contributed by atoms with E-state index in [0.717, 1.165) is 6.54 Å². The summed E-state index contributed by atoms with van der Waals surface area (Å²) in [6.45, 7) is 5.24. The lowest BCUT2D eigenvalue weighted by Crippen LogP contribution is -2.38. The Balaban J connectivity index is 3.99. The van der Waals surface area contributed by atoms with Gasteiger partial charge in [-0.05, 0) is 13.0 Å². The normalized spacial score (nSPS) is 10.7. The second kappa shape index (κ2) is 9.85. The van der Waals surface area contributed by atoms with Crippen LogP contribution in [0.25, 0.3) is 0 Å². The zero-order valence-corrected chi connectivity index (χ0v) is 11.4. The lowest BCUT2D eigenvalue weighted by atomic mass is 10.2. The Labute approximate surface area is 108 Å². The lowest BCUT2D eigenvalue weighted by molar-refractivity contribution is -0.144. The molecule has 0 aromatic carbocycles. The van der Waals surface area contributed by atoms with Gasteiger partial charge in [-0.25, -0.2) is 0 Å². The van der Waals surface area contributed by atoms with Crippen molar-refractivity contribution >= 4 is 11.9 Å². The van der Waals surface area contributed by atoms with Gasteiger partial charge in [0.2, 0.25) is 5.91 Å².